The quantitative estimate of drug-likeness (QED) is 0.362. The summed E-state index contributed by atoms with van der Waals surface area (Å²) >= 11 is 0. The van der Waals surface area contributed by atoms with Crippen molar-refractivity contribution in [1.82, 2.24) is 0 Å². The van der Waals surface area contributed by atoms with Gasteiger partial charge < -0.3 is 9.47 Å². The highest BCUT2D eigenvalue weighted by Gasteiger charge is 2.38. The van der Waals surface area contributed by atoms with Crippen molar-refractivity contribution in [1.29, 1.82) is 0 Å². The lowest BCUT2D eigenvalue weighted by molar-refractivity contribution is -0.275. The number of carbonyl (C=O) groups excluding carboxylic acids is 1. The van der Waals surface area contributed by atoms with Crippen LogP contribution in [0.5, 0.6) is 0 Å². The Bertz CT molecular complexity index is 1070. The van der Waals surface area contributed by atoms with Crippen LogP contribution in [0, 0.1) is 10.8 Å². The molecule has 0 atom stereocenters. The summed E-state index contributed by atoms with van der Waals surface area (Å²) in [5.41, 5.74) is 7.08. The van der Waals surface area contributed by atoms with Gasteiger partial charge >= 0.3 is 0 Å². The van der Waals surface area contributed by atoms with Crippen molar-refractivity contribution in [2.24, 2.45) is 10.8 Å². The Kier molecular flexibility index (Phi) is 9.58. The van der Waals surface area contributed by atoms with Crippen LogP contribution in [-0.4, -0.2) is 19.0 Å². The fourth-order valence-electron chi connectivity index (χ4n) is 5.81. The predicted molar refractivity (Wildman–Crippen MR) is 155 cm³/mol. The number of ketones is 1. The zero-order valence-electron chi connectivity index (χ0n) is 24.5. The molecule has 1 heterocycles. The first-order valence-electron chi connectivity index (χ1n) is 14.3. The third-order valence-electron chi connectivity index (χ3n) is 7.82. The molecule has 37 heavy (non-hydrogen) atoms. The van der Waals surface area contributed by atoms with Crippen LogP contribution < -0.4 is 0 Å². The molecule has 0 N–H and O–H groups in total. The van der Waals surface area contributed by atoms with E-state index in [0.29, 0.717) is 26.1 Å². The van der Waals surface area contributed by atoms with E-state index in [2.05, 4.69) is 90.1 Å². The summed E-state index contributed by atoms with van der Waals surface area (Å²) in [4.78, 5) is 12.4. The summed E-state index contributed by atoms with van der Waals surface area (Å²) in [6.45, 7) is 19.1. The third kappa shape index (κ3) is 6.44. The van der Waals surface area contributed by atoms with E-state index >= 15 is 0 Å². The summed E-state index contributed by atoms with van der Waals surface area (Å²) in [6.07, 6.45) is 14.4. The van der Waals surface area contributed by atoms with Gasteiger partial charge in [0.25, 0.3) is 0 Å². The largest absolute Gasteiger partial charge is 0.345 e. The Morgan fingerprint density at radius 2 is 1.57 bits per heavy atom. The van der Waals surface area contributed by atoms with Crippen molar-refractivity contribution in [2.45, 2.75) is 99.7 Å². The van der Waals surface area contributed by atoms with Gasteiger partial charge in [-0.3, -0.25) is 4.79 Å². The number of allylic oxidation sites excluding steroid dienone is 7. The van der Waals surface area contributed by atoms with Crippen molar-refractivity contribution in [3.05, 3.63) is 76.4 Å². The molecule has 3 aliphatic rings. The molecule has 0 aromatic heterocycles. The van der Waals surface area contributed by atoms with E-state index in [-0.39, 0.29) is 16.6 Å². The maximum atomic E-state index is 12.4. The van der Waals surface area contributed by atoms with Gasteiger partial charge in [-0.2, -0.15) is 0 Å². The van der Waals surface area contributed by atoms with Crippen molar-refractivity contribution >= 4 is 11.4 Å². The van der Waals surface area contributed by atoms with E-state index in [1.54, 1.807) is 0 Å². The van der Waals surface area contributed by atoms with Crippen molar-refractivity contribution < 1.29 is 14.3 Å². The Morgan fingerprint density at radius 1 is 0.946 bits per heavy atom. The molecule has 3 heteroatoms. The topological polar surface area (TPSA) is 35.5 Å². The molecule has 0 bridgehead atoms. The first kappa shape index (κ1) is 29.3. The Balaban J connectivity index is 0.00000186. The molecular weight excluding hydrogens is 456 g/mol. The van der Waals surface area contributed by atoms with Gasteiger partial charge in [0, 0.05) is 34.8 Å². The first-order chi connectivity index (χ1) is 17.6. The first-order valence-corrected chi connectivity index (χ1v) is 14.3. The molecule has 1 aromatic rings. The van der Waals surface area contributed by atoms with Gasteiger partial charge in [-0.25, -0.2) is 0 Å². The normalized spacial score (nSPS) is 22.8. The van der Waals surface area contributed by atoms with E-state index < -0.39 is 5.79 Å². The van der Waals surface area contributed by atoms with Crippen LogP contribution >= 0.6 is 0 Å². The van der Waals surface area contributed by atoms with Gasteiger partial charge in [0.15, 0.2) is 11.6 Å². The minimum atomic E-state index is -0.792. The second kappa shape index (κ2) is 12.1. The SMILES string of the molecule is CC.CCC1=C(/C=C(/C)CC2(c3ccc(C4=CCCCC4=O)cc3)OCCCO2)C(C)(C)C=CC1(C)C. The second-order valence-corrected chi connectivity index (χ2v) is 11.5. The lowest BCUT2D eigenvalue weighted by atomic mass is 9.66. The van der Waals surface area contributed by atoms with Crippen LogP contribution in [0.15, 0.2) is 65.3 Å². The monoisotopic (exact) mass is 504 g/mol. The lowest BCUT2D eigenvalue weighted by Gasteiger charge is -2.40. The smallest absolute Gasteiger partial charge is 0.198 e. The molecule has 3 nitrogen and oxygen atoms in total. The molecule has 0 radical (unpaired) electrons. The molecule has 202 valence electrons. The van der Waals surface area contributed by atoms with Crippen LogP contribution in [0.2, 0.25) is 0 Å². The average Bonchev–Trinajstić information content (AvgIpc) is 2.89. The highest BCUT2D eigenvalue weighted by atomic mass is 16.7. The van der Waals surface area contributed by atoms with E-state index in [4.69, 9.17) is 9.47 Å². The zero-order valence-corrected chi connectivity index (χ0v) is 24.5. The van der Waals surface area contributed by atoms with Gasteiger partial charge in [0.05, 0.1) is 13.2 Å². The summed E-state index contributed by atoms with van der Waals surface area (Å²) in [5.74, 6) is -0.547. The van der Waals surface area contributed by atoms with Crippen molar-refractivity contribution in [3.63, 3.8) is 0 Å². The molecule has 4 rings (SSSR count). The van der Waals surface area contributed by atoms with E-state index in [1.807, 2.05) is 13.8 Å². The summed E-state index contributed by atoms with van der Waals surface area (Å²) in [6, 6.07) is 8.29. The molecule has 2 aliphatic carbocycles. The van der Waals surface area contributed by atoms with Crippen molar-refractivity contribution in [2.75, 3.05) is 13.2 Å². The highest BCUT2D eigenvalue weighted by molar-refractivity contribution is 6.21. The maximum absolute atomic E-state index is 12.4. The number of ether oxygens (including phenoxy) is 2. The molecule has 1 saturated heterocycles. The van der Waals surface area contributed by atoms with Crippen LogP contribution in [0.1, 0.15) is 105 Å². The molecular formula is C34H48O3. The number of Topliss-reactive ketones (excluding diaryl/α,β-unsaturated/α-hetero) is 1. The number of carbonyl (C=O) groups is 1. The number of benzene rings is 1. The van der Waals surface area contributed by atoms with E-state index in [0.717, 1.165) is 42.4 Å². The minimum absolute atomic E-state index is 0.00846. The zero-order chi connectivity index (χ0) is 27.3. The third-order valence-corrected chi connectivity index (χ3v) is 7.82. The van der Waals surface area contributed by atoms with Crippen LogP contribution in [0.25, 0.3) is 5.57 Å². The fourth-order valence-corrected chi connectivity index (χ4v) is 5.81. The maximum Gasteiger partial charge on any atom is 0.198 e. The molecule has 0 unspecified atom stereocenters. The molecule has 0 amide bonds. The average molecular weight is 505 g/mol. The fraction of sp³-hybridized carbons (Fsp3) is 0.559. The van der Waals surface area contributed by atoms with Gasteiger partial charge in [0.2, 0.25) is 0 Å². The van der Waals surface area contributed by atoms with Gasteiger partial charge in [-0.05, 0) is 43.7 Å². The standard InChI is InChI=1S/C32H42O3.C2H6/c1-7-27-28(31(5,6)18-17-30(27,3)4)21-23(2)22-32(34-19-10-20-35-32)25-15-13-24(14-16-25)26-11-8-9-12-29(26)33;1-2/h11,13-18,21H,7-10,12,19-20,22H2,1-6H3;1-2H3/b23-21-;. The Morgan fingerprint density at radius 3 is 2.16 bits per heavy atom. The van der Waals surface area contributed by atoms with E-state index in [9.17, 15) is 4.79 Å². The number of hydrogen-bond donors (Lipinski definition) is 0. The van der Waals surface area contributed by atoms with Crippen molar-refractivity contribution in [3.8, 4) is 0 Å². The van der Waals surface area contributed by atoms with Crippen LogP contribution in [0.3, 0.4) is 0 Å². The summed E-state index contributed by atoms with van der Waals surface area (Å²) in [5, 5.41) is 0. The summed E-state index contributed by atoms with van der Waals surface area (Å²) < 4.78 is 12.8. The second-order valence-electron chi connectivity index (χ2n) is 11.5. The molecule has 1 fully saturated rings. The Hall–Kier alpha value is -2.23. The molecule has 1 aromatic carbocycles. The molecule has 0 saturated carbocycles. The Labute approximate surface area is 225 Å². The van der Waals surface area contributed by atoms with Gasteiger partial charge in [-0.1, -0.05) is 108 Å². The number of rotatable bonds is 6. The van der Waals surface area contributed by atoms with E-state index in [1.165, 1.54) is 16.7 Å². The predicted octanol–water partition coefficient (Wildman–Crippen LogP) is 9.10. The number of hydrogen-bond acceptors (Lipinski definition) is 3. The van der Waals surface area contributed by atoms with Gasteiger partial charge in [0.1, 0.15) is 0 Å². The highest BCUT2D eigenvalue weighted by Crippen LogP contribution is 2.47. The minimum Gasteiger partial charge on any atom is -0.345 e. The molecule has 1 aliphatic heterocycles. The van der Waals surface area contributed by atoms with Gasteiger partial charge in [-0.15, -0.1) is 0 Å². The lowest BCUT2D eigenvalue weighted by Crippen LogP contribution is -2.38. The van der Waals surface area contributed by atoms with Crippen LogP contribution in [-0.2, 0) is 20.1 Å². The molecule has 0 spiro atoms. The summed E-state index contributed by atoms with van der Waals surface area (Å²) in [7, 11) is 0. The van der Waals surface area contributed by atoms with Crippen LogP contribution in [0.4, 0.5) is 0 Å².